The van der Waals surface area contributed by atoms with Gasteiger partial charge in [-0.25, -0.2) is 0 Å². The van der Waals surface area contributed by atoms with Crippen molar-refractivity contribution >= 4 is 9.24 Å². The summed E-state index contributed by atoms with van der Waals surface area (Å²) >= 11 is 0. The number of hydrogen-bond acceptors (Lipinski definition) is 1. The third-order valence-corrected chi connectivity index (χ3v) is 1.81. The molecule has 0 saturated carbocycles. The van der Waals surface area contributed by atoms with E-state index in [4.69, 9.17) is 4.74 Å². The van der Waals surface area contributed by atoms with Gasteiger partial charge in [0, 0.05) is 6.61 Å². The molecule has 1 saturated heterocycles. The molecule has 1 aliphatic rings. The van der Waals surface area contributed by atoms with Gasteiger partial charge in [0.25, 0.3) is 0 Å². The highest BCUT2D eigenvalue weighted by atomic mass is 31.0. The fourth-order valence-corrected chi connectivity index (χ4v) is 1.20. The molecule has 7 heavy (non-hydrogen) atoms. The Morgan fingerprint density at radius 1 is 1.71 bits per heavy atom. The highest BCUT2D eigenvalue weighted by Crippen LogP contribution is 2.13. The third-order valence-electron chi connectivity index (χ3n) is 1.29. The summed E-state index contributed by atoms with van der Waals surface area (Å²) in [6, 6.07) is 0. The first-order valence-corrected chi connectivity index (χ1v) is 3.57. The molecule has 42 valence electrons. The average Bonchev–Trinajstić information content (AvgIpc) is 2.14. The predicted molar refractivity (Wildman–Crippen MR) is 33.6 cm³/mol. The second-order valence-electron chi connectivity index (χ2n) is 1.87. The van der Waals surface area contributed by atoms with Gasteiger partial charge in [-0.05, 0) is 19.0 Å². The van der Waals surface area contributed by atoms with E-state index in [0.29, 0.717) is 6.10 Å². The van der Waals surface area contributed by atoms with Crippen LogP contribution in [-0.2, 0) is 4.74 Å². The predicted octanol–water partition coefficient (Wildman–Crippen LogP) is 1.04. The smallest absolute Gasteiger partial charge is 0.0610 e. The fraction of sp³-hybridized carbons (Fsp3) is 1.00. The molecule has 1 nitrogen and oxygen atoms in total. The maximum Gasteiger partial charge on any atom is 0.0610 e. The molecular weight excluding hydrogens is 107 g/mol. The molecule has 0 amide bonds. The SMILES string of the molecule is PCC1CCCO1. The second-order valence-corrected chi connectivity index (χ2v) is 2.34. The molecule has 0 aliphatic carbocycles. The van der Waals surface area contributed by atoms with Gasteiger partial charge in [0.05, 0.1) is 6.10 Å². The zero-order chi connectivity index (χ0) is 5.11. The van der Waals surface area contributed by atoms with E-state index in [1.54, 1.807) is 0 Å². The average molecular weight is 118 g/mol. The molecule has 2 atom stereocenters. The minimum atomic E-state index is 0.560. The van der Waals surface area contributed by atoms with Gasteiger partial charge < -0.3 is 4.74 Å². The lowest BCUT2D eigenvalue weighted by Gasteiger charge is -2.01. The van der Waals surface area contributed by atoms with E-state index in [0.717, 1.165) is 12.8 Å². The van der Waals surface area contributed by atoms with Crippen molar-refractivity contribution in [1.29, 1.82) is 0 Å². The van der Waals surface area contributed by atoms with Gasteiger partial charge in [-0.15, -0.1) is 9.24 Å². The minimum absolute atomic E-state index is 0.560. The van der Waals surface area contributed by atoms with Crippen molar-refractivity contribution in [2.24, 2.45) is 0 Å². The number of ether oxygens (including phenoxy) is 1. The Balaban J connectivity index is 2.14. The standard InChI is InChI=1S/C5H11OP/c7-4-5-2-1-3-6-5/h5H,1-4,7H2. The van der Waals surface area contributed by atoms with Crippen molar-refractivity contribution in [3.05, 3.63) is 0 Å². The van der Waals surface area contributed by atoms with Gasteiger partial charge in [0.15, 0.2) is 0 Å². The summed E-state index contributed by atoms with van der Waals surface area (Å²) in [7, 11) is 2.70. The van der Waals surface area contributed by atoms with Crippen molar-refractivity contribution in [3.63, 3.8) is 0 Å². The van der Waals surface area contributed by atoms with Crippen LogP contribution in [0, 0.1) is 0 Å². The maximum absolute atomic E-state index is 5.28. The summed E-state index contributed by atoms with van der Waals surface area (Å²) in [5, 5.41) is 0. The van der Waals surface area contributed by atoms with Crippen molar-refractivity contribution < 1.29 is 4.74 Å². The van der Waals surface area contributed by atoms with Crippen molar-refractivity contribution in [3.8, 4) is 0 Å². The molecule has 1 heterocycles. The Hall–Kier alpha value is 0.390. The third kappa shape index (κ3) is 1.40. The van der Waals surface area contributed by atoms with Gasteiger partial charge in [0.1, 0.15) is 0 Å². The summed E-state index contributed by atoms with van der Waals surface area (Å²) in [5.41, 5.74) is 0. The summed E-state index contributed by atoms with van der Waals surface area (Å²) in [6.45, 7) is 0.985. The minimum Gasteiger partial charge on any atom is -0.378 e. The summed E-state index contributed by atoms with van der Waals surface area (Å²) in [4.78, 5) is 0. The van der Waals surface area contributed by atoms with E-state index < -0.39 is 0 Å². The maximum atomic E-state index is 5.28. The highest BCUT2D eigenvalue weighted by molar-refractivity contribution is 7.16. The largest absolute Gasteiger partial charge is 0.378 e. The van der Waals surface area contributed by atoms with E-state index in [1.165, 1.54) is 12.8 Å². The fourth-order valence-electron chi connectivity index (χ4n) is 0.830. The first-order valence-electron chi connectivity index (χ1n) is 2.75. The monoisotopic (exact) mass is 118 g/mol. The molecule has 1 rings (SSSR count). The van der Waals surface area contributed by atoms with Crippen LogP contribution in [0.2, 0.25) is 0 Å². The molecule has 0 aromatic heterocycles. The number of hydrogen-bond donors (Lipinski definition) is 0. The number of rotatable bonds is 1. The van der Waals surface area contributed by atoms with Crippen LogP contribution in [0.3, 0.4) is 0 Å². The van der Waals surface area contributed by atoms with Crippen LogP contribution in [0.5, 0.6) is 0 Å². The Bertz CT molecular complexity index is 50.0. The molecule has 2 heteroatoms. The quantitative estimate of drug-likeness (QED) is 0.467. The van der Waals surface area contributed by atoms with Gasteiger partial charge in [0.2, 0.25) is 0 Å². The Kier molecular flexibility index (Phi) is 2.08. The molecule has 1 aliphatic heterocycles. The van der Waals surface area contributed by atoms with Gasteiger partial charge in [-0.2, -0.15) is 0 Å². The topological polar surface area (TPSA) is 9.23 Å². The highest BCUT2D eigenvalue weighted by Gasteiger charge is 2.11. The second kappa shape index (κ2) is 2.64. The van der Waals surface area contributed by atoms with E-state index in [2.05, 4.69) is 9.24 Å². The van der Waals surface area contributed by atoms with Crippen LogP contribution in [-0.4, -0.2) is 18.9 Å². The summed E-state index contributed by atoms with van der Waals surface area (Å²) < 4.78 is 5.28. The van der Waals surface area contributed by atoms with E-state index >= 15 is 0 Å². The molecule has 1 fully saturated rings. The van der Waals surface area contributed by atoms with Crippen LogP contribution >= 0.6 is 9.24 Å². The summed E-state index contributed by atoms with van der Waals surface area (Å²) in [6.07, 6.45) is 4.20. The molecule has 0 radical (unpaired) electrons. The molecule has 0 spiro atoms. The van der Waals surface area contributed by atoms with E-state index in [9.17, 15) is 0 Å². The van der Waals surface area contributed by atoms with Gasteiger partial charge in [-0.1, -0.05) is 0 Å². The van der Waals surface area contributed by atoms with Crippen LogP contribution in [0.15, 0.2) is 0 Å². The molecule has 2 unspecified atom stereocenters. The lowest BCUT2D eigenvalue weighted by molar-refractivity contribution is 0.128. The molecule has 0 aromatic rings. The van der Waals surface area contributed by atoms with Crippen LogP contribution in [0.25, 0.3) is 0 Å². The van der Waals surface area contributed by atoms with E-state index in [1.807, 2.05) is 0 Å². The molecule has 0 bridgehead atoms. The van der Waals surface area contributed by atoms with Crippen LogP contribution in [0.1, 0.15) is 12.8 Å². The van der Waals surface area contributed by atoms with Crippen molar-refractivity contribution in [1.82, 2.24) is 0 Å². The summed E-state index contributed by atoms with van der Waals surface area (Å²) in [5.74, 6) is 0. The van der Waals surface area contributed by atoms with Gasteiger partial charge >= 0.3 is 0 Å². The zero-order valence-electron chi connectivity index (χ0n) is 4.39. The lowest BCUT2D eigenvalue weighted by Crippen LogP contribution is -2.04. The molecular formula is C5H11OP. The van der Waals surface area contributed by atoms with Gasteiger partial charge in [-0.3, -0.25) is 0 Å². The normalized spacial score (nSPS) is 31.3. The van der Waals surface area contributed by atoms with Crippen LogP contribution in [0.4, 0.5) is 0 Å². The zero-order valence-corrected chi connectivity index (χ0v) is 5.55. The Labute approximate surface area is 46.6 Å². The van der Waals surface area contributed by atoms with Crippen molar-refractivity contribution in [2.45, 2.75) is 18.9 Å². The molecule has 0 N–H and O–H groups in total. The van der Waals surface area contributed by atoms with E-state index in [-0.39, 0.29) is 0 Å². The first-order chi connectivity index (χ1) is 3.43. The Morgan fingerprint density at radius 3 is 2.86 bits per heavy atom. The van der Waals surface area contributed by atoms with Crippen LogP contribution < -0.4 is 0 Å². The Morgan fingerprint density at radius 2 is 2.57 bits per heavy atom. The lowest BCUT2D eigenvalue weighted by atomic mass is 10.3. The van der Waals surface area contributed by atoms with Crippen molar-refractivity contribution in [2.75, 3.05) is 12.8 Å². The first kappa shape index (κ1) is 5.53. The molecule has 0 aromatic carbocycles.